The standard InChI is InChI=1S/C16H18ClN3O4S/c1-19(2)25(23,24)14-6-7-16(22)20(10-14)11-15(21)18-9-12-4-3-5-13(17)8-12/h3-8,10H,9,11H2,1-2H3,(H,18,21). The normalized spacial score (nSPS) is 11.5. The van der Waals surface area contributed by atoms with Gasteiger partial charge in [0.25, 0.3) is 5.56 Å². The van der Waals surface area contributed by atoms with Crippen molar-refractivity contribution in [3.63, 3.8) is 0 Å². The van der Waals surface area contributed by atoms with E-state index in [-0.39, 0.29) is 18.0 Å². The third-order valence-corrected chi connectivity index (χ3v) is 5.46. The lowest BCUT2D eigenvalue weighted by Crippen LogP contribution is -2.32. The Kier molecular flexibility index (Phi) is 5.99. The van der Waals surface area contributed by atoms with Gasteiger partial charge in [0.05, 0.1) is 4.90 Å². The van der Waals surface area contributed by atoms with Gasteiger partial charge in [-0.1, -0.05) is 23.7 Å². The number of nitrogens with zero attached hydrogens (tertiary/aromatic N) is 2. The van der Waals surface area contributed by atoms with Gasteiger partial charge in [-0.15, -0.1) is 0 Å². The monoisotopic (exact) mass is 383 g/mol. The number of carbonyl (C=O) groups excluding carboxylic acids is 1. The summed E-state index contributed by atoms with van der Waals surface area (Å²) in [4.78, 5) is 23.9. The third-order valence-electron chi connectivity index (χ3n) is 3.43. The number of benzene rings is 1. The van der Waals surface area contributed by atoms with Gasteiger partial charge in [-0.05, 0) is 23.8 Å². The number of sulfonamides is 1. The van der Waals surface area contributed by atoms with Crippen LogP contribution >= 0.6 is 11.6 Å². The van der Waals surface area contributed by atoms with Crippen molar-refractivity contribution in [1.29, 1.82) is 0 Å². The molecule has 1 amide bonds. The number of aromatic nitrogens is 1. The second kappa shape index (κ2) is 7.81. The van der Waals surface area contributed by atoms with Crippen molar-refractivity contribution < 1.29 is 13.2 Å². The van der Waals surface area contributed by atoms with Crippen LogP contribution in [0.25, 0.3) is 0 Å². The quantitative estimate of drug-likeness (QED) is 0.808. The molecule has 0 unspecified atom stereocenters. The van der Waals surface area contributed by atoms with Gasteiger partial charge in [-0.25, -0.2) is 12.7 Å². The number of amides is 1. The number of hydrogen-bond acceptors (Lipinski definition) is 4. The summed E-state index contributed by atoms with van der Waals surface area (Å²) in [5.74, 6) is -0.415. The van der Waals surface area contributed by atoms with Gasteiger partial charge < -0.3 is 9.88 Å². The highest BCUT2D eigenvalue weighted by molar-refractivity contribution is 7.89. The Balaban J connectivity index is 2.11. The van der Waals surface area contributed by atoms with Crippen molar-refractivity contribution in [1.82, 2.24) is 14.2 Å². The van der Waals surface area contributed by atoms with Crippen LogP contribution in [0.15, 0.2) is 52.3 Å². The van der Waals surface area contributed by atoms with Crippen LogP contribution in [0.2, 0.25) is 5.02 Å². The fourth-order valence-corrected chi connectivity index (χ4v) is 3.19. The average molecular weight is 384 g/mol. The molecule has 0 atom stereocenters. The fourth-order valence-electron chi connectivity index (χ4n) is 2.05. The summed E-state index contributed by atoms with van der Waals surface area (Å²) in [6.07, 6.45) is 1.16. The summed E-state index contributed by atoms with van der Waals surface area (Å²) in [7, 11) is -0.902. The number of halogens is 1. The molecule has 2 aromatic rings. The minimum absolute atomic E-state index is 0.0558. The van der Waals surface area contributed by atoms with E-state index in [1.54, 1.807) is 18.2 Å². The van der Waals surface area contributed by atoms with Gasteiger partial charge in [0, 0.05) is 37.9 Å². The summed E-state index contributed by atoms with van der Waals surface area (Å²) in [5.41, 5.74) is 0.354. The maximum Gasteiger partial charge on any atom is 0.251 e. The van der Waals surface area contributed by atoms with E-state index in [1.165, 1.54) is 20.2 Å². The van der Waals surface area contributed by atoms with Crippen molar-refractivity contribution in [2.24, 2.45) is 0 Å². The SMILES string of the molecule is CN(C)S(=O)(=O)c1ccc(=O)n(CC(=O)NCc2cccc(Cl)c2)c1. The molecule has 1 aromatic carbocycles. The maximum atomic E-state index is 12.1. The molecule has 1 heterocycles. The first-order valence-corrected chi connectivity index (χ1v) is 9.16. The highest BCUT2D eigenvalue weighted by Crippen LogP contribution is 2.11. The van der Waals surface area contributed by atoms with E-state index < -0.39 is 21.5 Å². The Morgan fingerprint density at radius 1 is 1.24 bits per heavy atom. The lowest BCUT2D eigenvalue weighted by molar-refractivity contribution is -0.121. The van der Waals surface area contributed by atoms with Crippen molar-refractivity contribution >= 4 is 27.5 Å². The van der Waals surface area contributed by atoms with Crippen LogP contribution in [-0.4, -0.2) is 37.3 Å². The molecule has 0 saturated heterocycles. The molecule has 0 fully saturated rings. The molecular formula is C16H18ClN3O4S. The Morgan fingerprint density at radius 2 is 1.96 bits per heavy atom. The van der Waals surface area contributed by atoms with E-state index in [2.05, 4.69) is 5.32 Å². The lowest BCUT2D eigenvalue weighted by Gasteiger charge is -2.13. The zero-order valence-corrected chi connectivity index (χ0v) is 15.3. The van der Waals surface area contributed by atoms with E-state index in [0.717, 1.165) is 26.7 Å². The van der Waals surface area contributed by atoms with Crippen LogP contribution in [0.5, 0.6) is 0 Å². The molecule has 0 saturated carbocycles. The van der Waals surface area contributed by atoms with Crippen LogP contribution in [0, 0.1) is 0 Å². The van der Waals surface area contributed by atoms with Crippen molar-refractivity contribution in [2.45, 2.75) is 18.0 Å². The predicted molar refractivity (Wildman–Crippen MR) is 94.9 cm³/mol. The largest absolute Gasteiger partial charge is 0.350 e. The molecule has 9 heteroatoms. The van der Waals surface area contributed by atoms with Crippen molar-refractivity contribution in [3.8, 4) is 0 Å². The molecule has 1 aromatic heterocycles. The summed E-state index contributed by atoms with van der Waals surface area (Å²) in [6, 6.07) is 9.37. The molecule has 134 valence electrons. The van der Waals surface area contributed by atoms with Crippen LogP contribution in [0.1, 0.15) is 5.56 Å². The summed E-state index contributed by atoms with van der Waals surface area (Å²) in [6.45, 7) is -0.0278. The number of rotatable bonds is 6. The topological polar surface area (TPSA) is 88.5 Å². The molecule has 0 bridgehead atoms. The first kappa shape index (κ1) is 19.2. The Hall–Kier alpha value is -2.16. The first-order valence-electron chi connectivity index (χ1n) is 7.34. The molecule has 1 N–H and O–H groups in total. The molecule has 25 heavy (non-hydrogen) atoms. The number of carbonyl (C=O) groups is 1. The maximum absolute atomic E-state index is 12.1. The van der Waals surface area contributed by atoms with Gasteiger partial charge in [0.1, 0.15) is 6.54 Å². The van der Waals surface area contributed by atoms with E-state index in [1.807, 2.05) is 6.07 Å². The van der Waals surface area contributed by atoms with E-state index in [0.29, 0.717) is 5.02 Å². The van der Waals surface area contributed by atoms with Crippen LogP contribution in [0.3, 0.4) is 0 Å². The summed E-state index contributed by atoms with van der Waals surface area (Å²) in [5, 5.41) is 3.23. The second-order valence-electron chi connectivity index (χ2n) is 5.53. The van der Waals surface area contributed by atoms with Gasteiger partial charge in [0.15, 0.2) is 0 Å². The van der Waals surface area contributed by atoms with Crippen LogP contribution in [-0.2, 0) is 27.9 Å². The van der Waals surface area contributed by atoms with Gasteiger partial charge in [-0.2, -0.15) is 0 Å². The molecule has 0 aliphatic carbocycles. The molecule has 7 nitrogen and oxygen atoms in total. The molecule has 0 aliphatic heterocycles. The minimum Gasteiger partial charge on any atom is -0.350 e. The van der Waals surface area contributed by atoms with E-state index in [9.17, 15) is 18.0 Å². The smallest absolute Gasteiger partial charge is 0.251 e. The average Bonchev–Trinajstić information content (AvgIpc) is 2.55. The van der Waals surface area contributed by atoms with E-state index in [4.69, 9.17) is 11.6 Å². The van der Waals surface area contributed by atoms with E-state index >= 15 is 0 Å². The molecular weight excluding hydrogens is 366 g/mol. The zero-order valence-electron chi connectivity index (χ0n) is 13.8. The zero-order chi connectivity index (χ0) is 18.6. The van der Waals surface area contributed by atoms with Crippen LogP contribution in [0.4, 0.5) is 0 Å². The molecule has 0 spiro atoms. The third kappa shape index (κ3) is 4.91. The highest BCUT2D eigenvalue weighted by atomic mass is 35.5. The molecule has 0 radical (unpaired) electrons. The number of pyridine rings is 1. The Bertz CT molecular complexity index is 938. The summed E-state index contributed by atoms with van der Waals surface area (Å²) >= 11 is 5.88. The predicted octanol–water partition coefficient (Wildman–Crippen LogP) is 1.07. The van der Waals surface area contributed by atoms with Gasteiger partial charge >= 0.3 is 0 Å². The number of nitrogens with one attached hydrogen (secondary N) is 1. The minimum atomic E-state index is -3.68. The van der Waals surface area contributed by atoms with Gasteiger partial charge in [-0.3, -0.25) is 9.59 Å². The fraction of sp³-hybridized carbons (Fsp3) is 0.250. The van der Waals surface area contributed by atoms with Crippen molar-refractivity contribution in [3.05, 3.63) is 63.5 Å². The first-order chi connectivity index (χ1) is 11.7. The Morgan fingerprint density at radius 3 is 2.60 bits per heavy atom. The van der Waals surface area contributed by atoms with Crippen LogP contribution < -0.4 is 10.9 Å². The number of hydrogen-bond donors (Lipinski definition) is 1. The Labute approximate surface area is 150 Å². The summed E-state index contributed by atoms with van der Waals surface area (Å²) < 4.78 is 26.3. The highest BCUT2D eigenvalue weighted by Gasteiger charge is 2.18. The molecule has 2 rings (SSSR count). The van der Waals surface area contributed by atoms with Gasteiger partial charge in [0.2, 0.25) is 15.9 Å². The molecule has 0 aliphatic rings. The van der Waals surface area contributed by atoms with Crippen molar-refractivity contribution in [2.75, 3.05) is 14.1 Å². The lowest BCUT2D eigenvalue weighted by atomic mass is 10.2. The second-order valence-corrected chi connectivity index (χ2v) is 8.11.